The third-order valence-electron chi connectivity index (χ3n) is 7.60. The Balaban J connectivity index is 1.43. The maximum Gasteiger partial charge on any atom is 0.258 e. The van der Waals surface area contributed by atoms with Gasteiger partial charge < -0.3 is 20.9 Å². The smallest absolute Gasteiger partial charge is 0.258 e. The van der Waals surface area contributed by atoms with Crippen molar-refractivity contribution in [3.05, 3.63) is 94.8 Å². The molecule has 7 heteroatoms. The molecule has 1 saturated carbocycles. The summed E-state index contributed by atoms with van der Waals surface area (Å²) in [5.74, 6) is -0.135. The van der Waals surface area contributed by atoms with E-state index in [1.807, 2.05) is 50.5 Å². The summed E-state index contributed by atoms with van der Waals surface area (Å²) in [4.78, 5) is 28.0. The van der Waals surface area contributed by atoms with Crippen molar-refractivity contribution < 1.29 is 14.0 Å². The van der Waals surface area contributed by atoms with E-state index in [4.69, 9.17) is 0 Å². The van der Waals surface area contributed by atoms with Crippen LogP contribution >= 0.6 is 0 Å². The molecule has 6 nitrogen and oxygen atoms in total. The molecule has 1 aliphatic carbocycles. The van der Waals surface area contributed by atoms with E-state index in [1.54, 1.807) is 6.07 Å². The Labute approximate surface area is 235 Å². The molecule has 2 aliphatic rings. The van der Waals surface area contributed by atoms with Gasteiger partial charge in [0.1, 0.15) is 5.82 Å². The molecule has 0 saturated heterocycles. The molecule has 0 radical (unpaired) electrons. The SMILES string of the molecule is CN(C)Cc1ccc(N/C(=C2\C(=O)Nc3cc(F)ccc32)c2cccc(CNC(=O)CC3CCCCC3)c2)cc1. The van der Waals surface area contributed by atoms with Gasteiger partial charge in [0.2, 0.25) is 5.91 Å². The van der Waals surface area contributed by atoms with Gasteiger partial charge in [-0.2, -0.15) is 0 Å². The summed E-state index contributed by atoms with van der Waals surface area (Å²) in [6.07, 6.45) is 6.55. The molecular weight excluding hydrogens is 503 g/mol. The number of fused-ring (bicyclic) bond motifs is 1. The van der Waals surface area contributed by atoms with Crippen LogP contribution in [0.3, 0.4) is 0 Å². The molecule has 3 N–H and O–H groups in total. The third kappa shape index (κ3) is 6.77. The Kier molecular flexibility index (Phi) is 8.60. The fraction of sp³-hybridized carbons (Fsp3) is 0.333. The van der Waals surface area contributed by atoms with E-state index in [9.17, 15) is 14.0 Å². The maximum atomic E-state index is 13.9. The van der Waals surface area contributed by atoms with Gasteiger partial charge >= 0.3 is 0 Å². The van der Waals surface area contributed by atoms with Crippen LogP contribution < -0.4 is 16.0 Å². The Morgan fingerprint density at radius 1 is 0.975 bits per heavy atom. The van der Waals surface area contributed by atoms with E-state index in [0.717, 1.165) is 36.2 Å². The Hall–Kier alpha value is -3.97. The van der Waals surface area contributed by atoms with Crippen LogP contribution in [0.2, 0.25) is 0 Å². The Morgan fingerprint density at radius 2 is 1.75 bits per heavy atom. The summed E-state index contributed by atoms with van der Waals surface area (Å²) in [6, 6.07) is 20.3. The second-order valence-corrected chi connectivity index (χ2v) is 11.1. The van der Waals surface area contributed by atoms with Crippen molar-refractivity contribution in [3.8, 4) is 0 Å². The van der Waals surface area contributed by atoms with Crippen molar-refractivity contribution in [1.82, 2.24) is 10.2 Å². The fourth-order valence-electron chi connectivity index (χ4n) is 5.64. The van der Waals surface area contributed by atoms with Crippen LogP contribution in [-0.2, 0) is 22.7 Å². The topological polar surface area (TPSA) is 73.5 Å². The quantitative estimate of drug-likeness (QED) is 0.275. The minimum Gasteiger partial charge on any atom is -0.354 e. The molecule has 40 heavy (non-hydrogen) atoms. The molecule has 0 aromatic heterocycles. The molecule has 0 spiro atoms. The lowest BCUT2D eigenvalue weighted by atomic mass is 9.87. The van der Waals surface area contributed by atoms with E-state index >= 15 is 0 Å². The lowest BCUT2D eigenvalue weighted by Crippen LogP contribution is -2.26. The zero-order valence-corrected chi connectivity index (χ0v) is 23.2. The minimum atomic E-state index is -0.405. The second kappa shape index (κ2) is 12.5. The molecule has 5 rings (SSSR count). The Morgan fingerprint density at radius 3 is 2.50 bits per heavy atom. The van der Waals surface area contributed by atoms with E-state index in [0.29, 0.717) is 41.4 Å². The van der Waals surface area contributed by atoms with Crippen molar-refractivity contribution in [2.75, 3.05) is 24.7 Å². The highest BCUT2D eigenvalue weighted by atomic mass is 19.1. The molecule has 208 valence electrons. The molecule has 1 heterocycles. The van der Waals surface area contributed by atoms with Gasteiger partial charge in [-0.1, -0.05) is 49.6 Å². The van der Waals surface area contributed by atoms with Gasteiger partial charge in [-0.25, -0.2) is 4.39 Å². The average Bonchev–Trinajstić information content (AvgIpc) is 3.26. The van der Waals surface area contributed by atoms with Gasteiger partial charge in [0, 0.05) is 30.8 Å². The first-order chi connectivity index (χ1) is 19.4. The summed E-state index contributed by atoms with van der Waals surface area (Å²) in [5, 5.41) is 9.37. The number of halogens is 1. The number of nitrogens with one attached hydrogen (secondary N) is 3. The van der Waals surface area contributed by atoms with Crippen LogP contribution in [0.25, 0.3) is 11.3 Å². The molecule has 0 bridgehead atoms. The molecule has 0 atom stereocenters. The van der Waals surface area contributed by atoms with Crippen LogP contribution in [0.5, 0.6) is 0 Å². The first kappa shape index (κ1) is 27.6. The molecule has 3 aromatic carbocycles. The fourth-order valence-corrected chi connectivity index (χ4v) is 5.64. The van der Waals surface area contributed by atoms with E-state index in [2.05, 4.69) is 33.0 Å². The number of carbonyl (C=O) groups is 2. The lowest BCUT2D eigenvalue weighted by Gasteiger charge is -2.21. The molecular formula is C33H37FN4O2. The monoisotopic (exact) mass is 540 g/mol. The normalized spacial score (nSPS) is 16.4. The van der Waals surface area contributed by atoms with Crippen LogP contribution in [0.4, 0.5) is 15.8 Å². The number of benzene rings is 3. The number of anilines is 2. The number of rotatable bonds is 9. The summed E-state index contributed by atoms with van der Waals surface area (Å²) in [7, 11) is 4.05. The lowest BCUT2D eigenvalue weighted by molar-refractivity contribution is -0.122. The van der Waals surface area contributed by atoms with Crippen molar-refractivity contribution >= 4 is 34.5 Å². The van der Waals surface area contributed by atoms with Gasteiger partial charge in [0.25, 0.3) is 5.91 Å². The third-order valence-corrected chi connectivity index (χ3v) is 7.60. The van der Waals surface area contributed by atoms with Crippen molar-refractivity contribution in [1.29, 1.82) is 0 Å². The first-order valence-electron chi connectivity index (χ1n) is 14.1. The summed E-state index contributed by atoms with van der Waals surface area (Å²) in [6.45, 7) is 1.24. The van der Waals surface area contributed by atoms with E-state index in [-0.39, 0.29) is 11.8 Å². The second-order valence-electron chi connectivity index (χ2n) is 11.1. The molecule has 0 unspecified atom stereocenters. The summed E-state index contributed by atoms with van der Waals surface area (Å²) >= 11 is 0. The van der Waals surface area contributed by atoms with Gasteiger partial charge in [-0.15, -0.1) is 0 Å². The van der Waals surface area contributed by atoms with Gasteiger partial charge in [0.05, 0.1) is 17.0 Å². The largest absolute Gasteiger partial charge is 0.354 e. The van der Waals surface area contributed by atoms with Crippen molar-refractivity contribution in [2.24, 2.45) is 5.92 Å². The molecule has 1 aliphatic heterocycles. The van der Waals surface area contributed by atoms with Gasteiger partial charge in [-0.3, -0.25) is 9.59 Å². The summed E-state index contributed by atoms with van der Waals surface area (Å²) < 4.78 is 13.9. The van der Waals surface area contributed by atoms with Crippen LogP contribution in [0.15, 0.2) is 66.7 Å². The van der Waals surface area contributed by atoms with Gasteiger partial charge in [0.15, 0.2) is 0 Å². The number of amides is 2. The molecule has 1 fully saturated rings. The number of hydrogen-bond donors (Lipinski definition) is 3. The molecule has 3 aromatic rings. The Bertz CT molecular complexity index is 1410. The molecule has 2 amide bonds. The predicted molar refractivity (Wildman–Crippen MR) is 159 cm³/mol. The van der Waals surface area contributed by atoms with Crippen LogP contribution in [0, 0.1) is 11.7 Å². The van der Waals surface area contributed by atoms with Crippen molar-refractivity contribution in [3.63, 3.8) is 0 Å². The zero-order valence-electron chi connectivity index (χ0n) is 23.2. The zero-order chi connectivity index (χ0) is 28.1. The van der Waals surface area contributed by atoms with Crippen LogP contribution in [-0.4, -0.2) is 30.8 Å². The highest BCUT2D eigenvalue weighted by molar-refractivity contribution is 6.37. The standard InChI is InChI=1S/C33H37FN4O2/c1-38(2)21-23-11-14-27(15-12-23)36-32(31-28-16-13-26(34)19-29(28)37-33(31)40)25-10-6-9-24(17-25)20-35-30(39)18-22-7-4-3-5-8-22/h6,9-17,19,22,36H,3-5,7-8,18,20-21H2,1-2H3,(H,35,39)(H,37,40)/b32-31-. The van der Waals surface area contributed by atoms with Crippen molar-refractivity contribution in [2.45, 2.75) is 51.6 Å². The average molecular weight is 541 g/mol. The highest BCUT2D eigenvalue weighted by Crippen LogP contribution is 2.38. The minimum absolute atomic E-state index is 0.0814. The van der Waals surface area contributed by atoms with E-state index < -0.39 is 5.82 Å². The number of hydrogen-bond acceptors (Lipinski definition) is 4. The van der Waals surface area contributed by atoms with E-state index in [1.165, 1.54) is 37.0 Å². The predicted octanol–water partition coefficient (Wildman–Crippen LogP) is 6.41. The highest BCUT2D eigenvalue weighted by Gasteiger charge is 2.29. The summed E-state index contributed by atoms with van der Waals surface area (Å²) in [5.41, 5.74) is 5.92. The number of carbonyl (C=O) groups excluding carboxylic acids is 2. The van der Waals surface area contributed by atoms with Crippen LogP contribution in [0.1, 0.15) is 60.8 Å². The number of nitrogens with zero attached hydrogens (tertiary/aromatic N) is 1. The maximum absolute atomic E-state index is 13.9. The van der Waals surface area contributed by atoms with Gasteiger partial charge in [-0.05, 0) is 85.9 Å². The first-order valence-corrected chi connectivity index (χ1v) is 14.1.